The van der Waals surface area contributed by atoms with Crippen molar-refractivity contribution in [1.82, 2.24) is 9.97 Å². The molecule has 2 aromatic carbocycles. The van der Waals surface area contributed by atoms with Crippen molar-refractivity contribution in [1.29, 1.82) is 0 Å². The maximum absolute atomic E-state index is 12.0. The summed E-state index contributed by atoms with van der Waals surface area (Å²) in [4.78, 5) is 30.6. The number of amides is 1. The average Bonchev–Trinajstić information content (AvgIpc) is 3.62. The van der Waals surface area contributed by atoms with Crippen molar-refractivity contribution in [2.75, 3.05) is 39.5 Å². The Kier molecular flexibility index (Phi) is 14.2. The number of nitrogen functional groups attached to an aromatic ring is 1. The summed E-state index contributed by atoms with van der Waals surface area (Å²) < 4.78 is 20.2. The van der Waals surface area contributed by atoms with E-state index in [1.54, 1.807) is 61.3 Å². The number of rotatable bonds is 7. The lowest BCUT2D eigenvalue weighted by molar-refractivity contribution is 0.102. The molecule has 0 aliphatic rings. The lowest BCUT2D eigenvalue weighted by Gasteiger charge is -2.09. The molecule has 0 aliphatic carbocycles. The van der Waals surface area contributed by atoms with Crippen molar-refractivity contribution in [3.05, 3.63) is 70.7 Å². The zero-order valence-electron chi connectivity index (χ0n) is 20.4. The molecule has 0 atom stereocenters. The number of benzene rings is 2. The third kappa shape index (κ3) is 9.88. The Bertz CT molecular complexity index is 1270. The molecule has 4 aromatic rings. The minimum absolute atomic E-state index is 0. The molecule has 1 amide bonds. The summed E-state index contributed by atoms with van der Waals surface area (Å²) >= 11 is 8.13. The standard InChI is InChI=1S/C12H12N2O3S.C9H9ClO3.C3H4N2S.CH4/c1-16-8-3-4-9(10(7-8)17-2)11(15)14-12-13-5-6-18-12;1-12-6-3-4-7(9(10)11)8(5-6)13-2;4-3-5-1-2-6-3;/h3-7H,1-2H3,(H,13,14,15);3-5H,1-2H3;1-2H,(H2,4,5);1H4. The number of anilines is 2. The van der Waals surface area contributed by atoms with Crippen LogP contribution in [0.3, 0.4) is 0 Å². The van der Waals surface area contributed by atoms with Crippen molar-refractivity contribution >= 4 is 55.7 Å². The summed E-state index contributed by atoms with van der Waals surface area (Å²) in [7, 11) is 6.08. The first kappa shape index (κ1) is 32.2. The van der Waals surface area contributed by atoms with Gasteiger partial charge in [0.05, 0.1) is 39.6 Å². The summed E-state index contributed by atoms with van der Waals surface area (Å²) in [6, 6.07) is 9.84. The smallest absolute Gasteiger partial charge is 0.261 e. The Morgan fingerprint density at radius 3 is 1.74 bits per heavy atom. The average molecular weight is 581 g/mol. The molecule has 204 valence electrons. The second-order valence-electron chi connectivity index (χ2n) is 6.57. The number of ether oxygens (including phenoxy) is 4. The molecule has 10 nitrogen and oxygen atoms in total. The van der Waals surface area contributed by atoms with Gasteiger partial charge in [0.25, 0.3) is 11.1 Å². The topological polar surface area (TPSA) is 135 Å². The van der Waals surface area contributed by atoms with E-state index < -0.39 is 5.24 Å². The number of halogens is 1. The predicted octanol–water partition coefficient (Wildman–Crippen LogP) is 5.86. The summed E-state index contributed by atoms with van der Waals surface area (Å²) in [5, 5.41) is 6.98. The molecule has 4 rings (SSSR count). The molecule has 0 spiro atoms. The number of nitrogens with zero attached hydrogens (tertiary/aromatic N) is 2. The van der Waals surface area contributed by atoms with Crippen molar-refractivity contribution in [2.24, 2.45) is 0 Å². The Morgan fingerprint density at radius 1 is 0.816 bits per heavy atom. The number of thiazole rings is 2. The van der Waals surface area contributed by atoms with E-state index in [4.69, 9.17) is 36.3 Å². The van der Waals surface area contributed by atoms with Crippen LogP contribution in [0.15, 0.2) is 59.6 Å². The Hall–Kier alpha value is -3.87. The molecule has 0 bridgehead atoms. The van der Waals surface area contributed by atoms with Crippen molar-refractivity contribution in [3.8, 4) is 23.0 Å². The second kappa shape index (κ2) is 16.8. The van der Waals surface area contributed by atoms with E-state index in [1.807, 2.05) is 5.38 Å². The molecule has 2 heterocycles. The van der Waals surface area contributed by atoms with Gasteiger partial charge in [0.1, 0.15) is 23.0 Å². The number of methoxy groups -OCH3 is 4. The highest BCUT2D eigenvalue weighted by molar-refractivity contribution is 7.13. The minimum atomic E-state index is -0.542. The number of carbonyl (C=O) groups excluding carboxylic acids is 2. The fourth-order valence-corrected chi connectivity index (χ4v) is 3.69. The predicted molar refractivity (Wildman–Crippen MR) is 153 cm³/mol. The zero-order chi connectivity index (χ0) is 27.2. The second-order valence-corrected chi connectivity index (χ2v) is 8.73. The maximum atomic E-state index is 12.0. The molecule has 2 aromatic heterocycles. The van der Waals surface area contributed by atoms with Gasteiger partial charge in [-0.25, -0.2) is 9.97 Å². The van der Waals surface area contributed by atoms with E-state index in [2.05, 4.69) is 15.3 Å². The largest absolute Gasteiger partial charge is 0.497 e. The Morgan fingerprint density at radius 2 is 1.34 bits per heavy atom. The number of nitrogens with one attached hydrogen (secondary N) is 1. The highest BCUT2D eigenvalue weighted by atomic mass is 35.5. The molecular weight excluding hydrogens is 552 g/mol. The van der Waals surface area contributed by atoms with Gasteiger partial charge in [0.15, 0.2) is 10.3 Å². The van der Waals surface area contributed by atoms with Gasteiger partial charge in [0.2, 0.25) is 0 Å². The molecule has 0 saturated carbocycles. The third-order valence-corrected chi connectivity index (χ3v) is 5.87. The minimum Gasteiger partial charge on any atom is -0.497 e. The maximum Gasteiger partial charge on any atom is 0.261 e. The molecule has 0 fully saturated rings. The third-order valence-electron chi connectivity index (χ3n) is 4.38. The van der Waals surface area contributed by atoms with Crippen molar-refractivity contribution in [2.45, 2.75) is 7.43 Å². The van der Waals surface area contributed by atoms with Gasteiger partial charge in [-0.3, -0.25) is 14.9 Å². The SMILES string of the molecule is C.COc1ccc(C(=O)Cl)c(OC)c1.COc1ccc(C(=O)Nc2nccs2)c(OC)c1.Nc1nccs1. The molecule has 0 radical (unpaired) electrons. The first-order valence-electron chi connectivity index (χ1n) is 10.3. The van der Waals surface area contributed by atoms with E-state index in [0.717, 1.165) is 0 Å². The highest BCUT2D eigenvalue weighted by Gasteiger charge is 2.14. The molecule has 0 unspecified atom stereocenters. The van der Waals surface area contributed by atoms with E-state index >= 15 is 0 Å². The summed E-state index contributed by atoms with van der Waals surface area (Å²) in [6.07, 6.45) is 3.31. The quantitative estimate of drug-likeness (QED) is 0.258. The lowest BCUT2D eigenvalue weighted by Crippen LogP contribution is -2.13. The van der Waals surface area contributed by atoms with Crippen molar-refractivity contribution in [3.63, 3.8) is 0 Å². The van der Waals surface area contributed by atoms with Crippen LogP contribution in [-0.4, -0.2) is 49.6 Å². The number of nitrogens with two attached hydrogens (primary N) is 1. The number of aromatic nitrogens is 2. The first-order chi connectivity index (χ1) is 17.8. The molecule has 13 heteroatoms. The Balaban J connectivity index is 0.000000315. The van der Waals surface area contributed by atoms with Crippen LogP contribution in [0.4, 0.5) is 10.3 Å². The summed E-state index contributed by atoms with van der Waals surface area (Å²) in [5.74, 6) is 1.88. The van der Waals surface area contributed by atoms with Crippen molar-refractivity contribution < 1.29 is 28.5 Å². The van der Waals surface area contributed by atoms with Gasteiger partial charge >= 0.3 is 0 Å². The molecule has 38 heavy (non-hydrogen) atoms. The van der Waals surface area contributed by atoms with Gasteiger partial charge in [-0.05, 0) is 35.9 Å². The first-order valence-corrected chi connectivity index (χ1v) is 12.5. The van der Waals surface area contributed by atoms with Gasteiger partial charge in [-0.2, -0.15) is 0 Å². The normalized spacial score (nSPS) is 9.29. The summed E-state index contributed by atoms with van der Waals surface area (Å²) in [5.41, 5.74) is 5.96. The fourth-order valence-electron chi connectivity index (χ4n) is 2.63. The number of hydrogen-bond acceptors (Lipinski definition) is 11. The Labute approximate surface area is 234 Å². The molecule has 0 aliphatic heterocycles. The van der Waals surface area contributed by atoms with Gasteiger partial charge in [-0.1, -0.05) is 7.43 Å². The van der Waals surface area contributed by atoms with Crippen LogP contribution in [0.5, 0.6) is 23.0 Å². The monoisotopic (exact) mass is 580 g/mol. The van der Waals surface area contributed by atoms with Crippen LogP contribution in [-0.2, 0) is 0 Å². The van der Waals surface area contributed by atoms with E-state index in [1.165, 1.54) is 44.0 Å². The number of hydrogen-bond donors (Lipinski definition) is 2. The van der Waals surface area contributed by atoms with Crippen LogP contribution >= 0.6 is 34.3 Å². The molecular formula is C25H29ClN4O6S2. The van der Waals surface area contributed by atoms with Crippen LogP contribution in [0.1, 0.15) is 28.1 Å². The lowest BCUT2D eigenvalue weighted by atomic mass is 10.2. The van der Waals surface area contributed by atoms with Gasteiger partial charge < -0.3 is 24.7 Å². The van der Waals surface area contributed by atoms with E-state index in [0.29, 0.717) is 44.4 Å². The van der Waals surface area contributed by atoms with Gasteiger partial charge in [-0.15, -0.1) is 22.7 Å². The van der Waals surface area contributed by atoms with Crippen LogP contribution in [0.25, 0.3) is 0 Å². The van der Waals surface area contributed by atoms with Crippen LogP contribution < -0.4 is 30.0 Å². The fraction of sp³-hybridized carbons (Fsp3) is 0.200. The number of carbonyl (C=O) groups is 2. The summed E-state index contributed by atoms with van der Waals surface area (Å²) in [6.45, 7) is 0. The van der Waals surface area contributed by atoms with Crippen LogP contribution in [0, 0.1) is 0 Å². The van der Waals surface area contributed by atoms with E-state index in [9.17, 15) is 9.59 Å². The molecule has 3 N–H and O–H groups in total. The van der Waals surface area contributed by atoms with Gasteiger partial charge in [0, 0.05) is 35.3 Å². The zero-order valence-corrected chi connectivity index (χ0v) is 22.8. The highest BCUT2D eigenvalue weighted by Crippen LogP contribution is 2.26. The van der Waals surface area contributed by atoms with Crippen LogP contribution in [0.2, 0.25) is 0 Å². The molecule has 0 saturated heterocycles. The van der Waals surface area contributed by atoms with E-state index in [-0.39, 0.29) is 13.3 Å².